The van der Waals surface area contributed by atoms with E-state index in [0.717, 1.165) is 11.1 Å². The molecule has 0 aliphatic rings. The summed E-state index contributed by atoms with van der Waals surface area (Å²) in [5, 5.41) is 14.3. The van der Waals surface area contributed by atoms with E-state index in [1.807, 2.05) is 49.4 Å². The summed E-state index contributed by atoms with van der Waals surface area (Å²) < 4.78 is 0. The van der Waals surface area contributed by atoms with E-state index in [1.54, 1.807) is 6.07 Å². The van der Waals surface area contributed by atoms with Gasteiger partial charge < -0.3 is 9.94 Å². The molecule has 0 heterocycles. The van der Waals surface area contributed by atoms with Crippen LogP contribution in [0.5, 0.6) is 5.75 Å². The van der Waals surface area contributed by atoms with Crippen molar-refractivity contribution >= 4 is 11.7 Å². The summed E-state index contributed by atoms with van der Waals surface area (Å²) in [5.41, 5.74) is 2.56. The van der Waals surface area contributed by atoms with E-state index in [2.05, 4.69) is 5.16 Å². The van der Waals surface area contributed by atoms with Gasteiger partial charge >= 0.3 is 5.97 Å². The van der Waals surface area contributed by atoms with Crippen molar-refractivity contribution in [1.29, 1.82) is 0 Å². The highest BCUT2D eigenvalue weighted by Crippen LogP contribution is 2.26. The van der Waals surface area contributed by atoms with Crippen LogP contribution in [0.25, 0.3) is 0 Å². The first kappa shape index (κ1) is 14.8. The van der Waals surface area contributed by atoms with Crippen LogP contribution in [0.1, 0.15) is 30.5 Å². The molecular weight excluding hydrogens is 266 g/mol. The Morgan fingerprint density at radius 3 is 2.48 bits per heavy atom. The number of carbonyl (C=O) groups excluding carboxylic acids is 1. The zero-order valence-electron chi connectivity index (χ0n) is 12.0. The minimum absolute atomic E-state index is 0.162. The number of nitrogens with zero attached hydrogens (tertiary/aromatic N) is 1. The van der Waals surface area contributed by atoms with Crippen molar-refractivity contribution in [3.8, 4) is 5.75 Å². The molecule has 2 aromatic carbocycles. The van der Waals surface area contributed by atoms with Crippen molar-refractivity contribution < 1.29 is 14.7 Å². The Balaban J connectivity index is 2.55. The zero-order valence-corrected chi connectivity index (χ0v) is 12.0. The van der Waals surface area contributed by atoms with Crippen molar-refractivity contribution in [3.05, 3.63) is 65.2 Å². The molecule has 0 amide bonds. The van der Waals surface area contributed by atoms with Crippen LogP contribution in [0.3, 0.4) is 0 Å². The minimum atomic E-state index is -0.505. The summed E-state index contributed by atoms with van der Waals surface area (Å²) in [4.78, 5) is 15.8. The average Bonchev–Trinajstić information content (AvgIpc) is 2.50. The first-order chi connectivity index (χ1) is 10.1. The molecule has 0 saturated carbocycles. The van der Waals surface area contributed by atoms with E-state index in [4.69, 9.17) is 4.84 Å². The number of phenolic OH excluding ortho intramolecular Hbond substituents is 1. The number of hydrogen-bond acceptors (Lipinski definition) is 4. The van der Waals surface area contributed by atoms with Gasteiger partial charge in [0.2, 0.25) is 0 Å². The predicted molar refractivity (Wildman–Crippen MR) is 81.3 cm³/mol. The van der Waals surface area contributed by atoms with Crippen LogP contribution >= 0.6 is 0 Å². The normalized spacial score (nSPS) is 11.2. The molecule has 2 rings (SSSR count). The molecule has 0 spiro atoms. The Bertz CT molecular complexity index is 663. The third-order valence-electron chi connectivity index (χ3n) is 3.07. The smallest absolute Gasteiger partial charge is 0.332 e. The number of oxime groups is 1. The molecule has 2 aromatic rings. The molecule has 0 saturated heterocycles. The monoisotopic (exact) mass is 283 g/mol. The lowest BCUT2D eigenvalue weighted by Gasteiger charge is -2.11. The summed E-state index contributed by atoms with van der Waals surface area (Å²) in [6.45, 7) is 3.25. The maximum atomic E-state index is 11.0. The van der Waals surface area contributed by atoms with Gasteiger partial charge in [-0.05, 0) is 18.1 Å². The van der Waals surface area contributed by atoms with Gasteiger partial charge in [0.25, 0.3) is 0 Å². The molecule has 0 unspecified atom stereocenters. The highest BCUT2D eigenvalue weighted by atomic mass is 16.7. The quantitative estimate of drug-likeness (QED) is 0.532. The van der Waals surface area contributed by atoms with E-state index in [1.165, 1.54) is 6.92 Å². The predicted octanol–water partition coefficient (Wildman–Crippen LogP) is 3.27. The van der Waals surface area contributed by atoms with E-state index < -0.39 is 5.97 Å². The zero-order chi connectivity index (χ0) is 15.2. The molecule has 0 aliphatic heterocycles. The van der Waals surface area contributed by atoms with Gasteiger partial charge in [-0.1, -0.05) is 54.5 Å². The van der Waals surface area contributed by atoms with Crippen molar-refractivity contribution in [2.75, 3.05) is 0 Å². The van der Waals surface area contributed by atoms with Crippen molar-refractivity contribution in [3.63, 3.8) is 0 Å². The molecule has 108 valence electrons. The van der Waals surface area contributed by atoms with Crippen LogP contribution in [0.15, 0.2) is 53.7 Å². The van der Waals surface area contributed by atoms with E-state index >= 15 is 0 Å². The SMILES string of the molecule is CCc1cccc(/C(=N\OC(C)=O)c2ccccc2)c1O. The number of hydrogen-bond donors (Lipinski definition) is 1. The highest BCUT2D eigenvalue weighted by molar-refractivity contribution is 6.14. The number of benzene rings is 2. The fourth-order valence-electron chi connectivity index (χ4n) is 2.03. The first-order valence-corrected chi connectivity index (χ1v) is 6.75. The lowest BCUT2D eigenvalue weighted by Crippen LogP contribution is -2.07. The second kappa shape index (κ2) is 6.70. The molecule has 21 heavy (non-hydrogen) atoms. The minimum Gasteiger partial charge on any atom is -0.507 e. The van der Waals surface area contributed by atoms with Crippen molar-refractivity contribution in [2.45, 2.75) is 20.3 Å². The topological polar surface area (TPSA) is 58.9 Å². The summed E-state index contributed by atoms with van der Waals surface area (Å²) in [5.74, 6) is -0.343. The van der Waals surface area contributed by atoms with Crippen LogP contribution in [0, 0.1) is 0 Å². The summed E-state index contributed by atoms with van der Waals surface area (Å²) in [7, 11) is 0. The molecule has 0 fully saturated rings. The maximum absolute atomic E-state index is 11.0. The van der Waals surface area contributed by atoms with E-state index in [0.29, 0.717) is 17.7 Å². The van der Waals surface area contributed by atoms with Crippen LogP contribution in [-0.2, 0) is 16.1 Å². The van der Waals surface area contributed by atoms with Gasteiger partial charge in [-0.15, -0.1) is 0 Å². The fourth-order valence-corrected chi connectivity index (χ4v) is 2.03. The summed E-state index contributed by atoms with van der Waals surface area (Å²) in [6, 6.07) is 14.8. The Hall–Kier alpha value is -2.62. The number of rotatable bonds is 4. The highest BCUT2D eigenvalue weighted by Gasteiger charge is 2.15. The number of carbonyl (C=O) groups is 1. The number of aromatic hydroxyl groups is 1. The Labute approximate surface area is 123 Å². The third-order valence-corrected chi connectivity index (χ3v) is 3.07. The lowest BCUT2D eigenvalue weighted by molar-refractivity contribution is -0.140. The van der Waals surface area contributed by atoms with Gasteiger partial charge in [-0.3, -0.25) is 0 Å². The Kier molecular flexibility index (Phi) is 4.72. The molecular formula is C17H17NO3. The van der Waals surface area contributed by atoms with E-state index in [9.17, 15) is 9.90 Å². The molecule has 0 atom stereocenters. The summed E-state index contributed by atoms with van der Waals surface area (Å²) in [6.07, 6.45) is 0.704. The van der Waals surface area contributed by atoms with Crippen molar-refractivity contribution in [2.24, 2.45) is 5.16 Å². The van der Waals surface area contributed by atoms with Crippen LogP contribution in [0.2, 0.25) is 0 Å². The average molecular weight is 283 g/mol. The molecule has 1 N–H and O–H groups in total. The molecule has 0 aliphatic carbocycles. The fraction of sp³-hybridized carbons (Fsp3) is 0.176. The van der Waals surface area contributed by atoms with Crippen LogP contribution in [0.4, 0.5) is 0 Å². The standard InChI is InChI=1S/C17H17NO3/c1-3-13-10-7-11-15(17(13)20)16(18-21-12(2)19)14-8-5-4-6-9-14/h4-11,20H,3H2,1-2H3/b18-16-. The number of phenols is 1. The molecule has 4 heteroatoms. The molecule has 0 aromatic heterocycles. The van der Waals surface area contributed by atoms with Crippen LogP contribution < -0.4 is 0 Å². The van der Waals surface area contributed by atoms with Gasteiger partial charge in [-0.25, -0.2) is 4.79 Å². The van der Waals surface area contributed by atoms with Gasteiger partial charge in [0, 0.05) is 18.1 Å². The second-order valence-electron chi connectivity index (χ2n) is 4.56. The Morgan fingerprint density at radius 1 is 1.14 bits per heavy atom. The van der Waals surface area contributed by atoms with Gasteiger partial charge in [0.15, 0.2) is 0 Å². The van der Waals surface area contributed by atoms with E-state index in [-0.39, 0.29) is 5.75 Å². The Morgan fingerprint density at radius 2 is 1.86 bits per heavy atom. The summed E-state index contributed by atoms with van der Waals surface area (Å²) >= 11 is 0. The molecule has 0 radical (unpaired) electrons. The number of aryl methyl sites for hydroxylation is 1. The van der Waals surface area contributed by atoms with Gasteiger partial charge in [-0.2, -0.15) is 0 Å². The lowest BCUT2D eigenvalue weighted by atomic mass is 9.98. The first-order valence-electron chi connectivity index (χ1n) is 6.75. The largest absolute Gasteiger partial charge is 0.507 e. The van der Waals surface area contributed by atoms with Gasteiger partial charge in [0.05, 0.1) is 0 Å². The van der Waals surface area contributed by atoms with Crippen LogP contribution in [-0.4, -0.2) is 16.8 Å². The maximum Gasteiger partial charge on any atom is 0.332 e. The second-order valence-corrected chi connectivity index (χ2v) is 4.56. The third kappa shape index (κ3) is 3.48. The van der Waals surface area contributed by atoms with Crippen molar-refractivity contribution in [1.82, 2.24) is 0 Å². The molecule has 0 bridgehead atoms. The molecule has 4 nitrogen and oxygen atoms in total. The van der Waals surface area contributed by atoms with Gasteiger partial charge in [0.1, 0.15) is 11.5 Å². The number of para-hydroxylation sites is 1.